The molecule has 0 radical (unpaired) electrons. The van der Waals surface area contributed by atoms with Crippen LogP contribution in [0.5, 0.6) is 5.75 Å². The monoisotopic (exact) mass is 159 g/mol. The van der Waals surface area contributed by atoms with Crippen molar-refractivity contribution < 1.29 is 9.13 Å². The molecule has 0 heterocycles. The Morgan fingerprint density at radius 2 is 2.20 bits per heavy atom. The summed E-state index contributed by atoms with van der Waals surface area (Å²) in [6, 6.07) is 4.21. The molecule has 0 amide bonds. The Kier molecular flexibility index (Phi) is 2.12. The van der Waals surface area contributed by atoms with Gasteiger partial charge in [-0.3, -0.25) is 0 Å². The molecule has 1 aromatic rings. The van der Waals surface area contributed by atoms with Crippen LogP contribution in [0, 0.1) is 5.82 Å². The van der Waals surface area contributed by atoms with Crippen LogP contribution in [-0.4, -0.2) is 7.11 Å². The molecule has 0 atom stereocenters. The van der Waals surface area contributed by atoms with Crippen LogP contribution in [0.25, 0.3) is 0 Å². The van der Waals surface area contributed by atoms with E-state index in [9.17, 15) is 4.39 Å². The molecule has 1 nitrogen and oxygen atoms in total. The highest BCUT2D eigenvalue weighted by Crippen LogP contribution is 2.20. The fraction of sp³-hybridized carbons (Fsp3) is 0.143. The van der Waals surface area contributed by atoms with Gasteiger partial charge in [0.05, 0.1) is 12.1 Å². The summed E-state index contributed by atoms with van der Waals surface area (Å²) in [6.45, 7) is 0. The summed E-state index contributed by atoms with van der Waals surface area (Å²) in [4.78, 5) is 0. The third-order valence-electron chi connectivity index (χ3n) is 1.13. The van der Waals surface area contributed by atoms with Crippen LogP contribution in [0.3, 0.4) is 0 Å². The van der Waals surface area contributed by atoms with Gasteiger partial charge in [0.1, 0.15) is 11.6 Å². The quantitative estimate of drug-likeness (QED) is 0.612. The maximum atomic E-state index is 12.4. The second-order valence-electron chi connectivity index (χ2n) is 1.78. The van der Waals surface area contributed by atoms with Gasteiger partial charge < -0.3 is 4.74 Å². The first kappa shape index (κ1) is 7.35. The molecule has 54 valence electrons. The van der Waals surface area contributed by atoms with Gasteiger partial charge in [0.25, 0.3) is 0 Å². The highest BCUT2D eigenvalue weighted by Gasteiger charge is 1.98. The van der Waals surface area contributed by atoms with Crippen molar-refractivity contribution in [2.75, 3.05) is 7.11 Å². The Hall–Kier alpha value is -0.760. The Balaban J connectivity index is 3.04. The van der Waals surface area contributed by atoms with Crippen molar-refractivity contribution in [3.8, 4) is 5.75 Å². The van der Waals surface area contributed by atoms with Gasteiger partial charge in [0.15, 0.2) is 0 Å². The minimum atomic E-state index is -0.428. The number of ether oxygens (including phenoxy) is 1. The molecule has 0 aliphatic carbocycles. The standard InChI is InChI=1S/C7H6ClFO/c1-10-5-2-3-7(9)6(8)4-5/h2-4H,1H3/i9-1. The normalized spacial score (nSPS) is 9.50. The maximum absolute atomic E-state index is 12.4. The number of methoxy groups -OCH3 is 1. The molecule has 10 heavy (non-hydrogen) atoms. The van der Waals surface area contributed by atoms with Gasteiger partial charge in [-0.2, -0.15) is 0 Å². The van der Waals surface area contributed by atoms with E-state index >= 15 is 0 Å². The summed E-state index contributed by atoms with van der Waals surface area (Å²) in [6.07, 6.45) is 0. The Morgan fingerprint density at radius 3 is 2.70 bits per heavy atom. The van der Waals surface area contributed by atoms with Crippen molar-refractivity contribution in [3.63, 3.8) is 0 Å². The second kappa shape index (κ2) is 2.88. The molecule has 0 saturated heterocycles. The third-order valence-corrected chi connectivity index (χ3v) is 1.42. The Labute approximate surface area is 63.4 Å². The predicted molar refractivity (Wildman–Crippen MR) is 38.0 cm³/mol. The number of hydrogen-bond donors (Lipinski definition) is 0. The van der Waals surface area contributed by atoms with Gasteiger partial charge in [-0.25, -0.2) is 4.39 Å². The average molecular weight is 160 g/mol. The Bertz CT molecular complexity index is 237. The highest BCUT2D eigenvalue weighted by molar-refractivity contribution is 6.30. The van der Waals surface area contributed by atoms with Gasteiger partial charge in [-0.05, 0) is 12.1 Å². The van der Waals surface area contributed by atoms with E-state index in [1.54, 1.807) is 0 Å². The van der Waals surface area contributed by atoms with Crippen molar-refractivity contribution in [2.24, 2.45) is 0 Å². The second-order valence-corrected chi connectivity index (χ2v) is 2.19. The third kappa shape index (κ3) is 1.39. The van der Waals surface area contributed by atoms with Crippen LogP contribution in [0.2, 0.25) is 5.02 Å². The van der Waals surface area contributed by atoms with E-state index in [0.717, 1.165) is 0 Å². The smallest absolute Gasteiger partial charge is 0.142 e. The van der Waals surface area contributed by atoms with Gasteiger partial charge in [-0.15, -0.1) is 0 Å². The molecular formula is C7H6ClFO. The first-order valence-electron chi connectivity index (χ1n) is 2.73. The zero-order chi connectivity index (χ0) is 7.56. The summed E-state index contributed by atoms with van der Waals surface area (Å²) in [7, 11) is 1.50. The summed E-state index contributed by atoms with van der Waals surface area (Å²) in [5, 5.41) is 0.0827. The van der Waals surface area contributed by atoms with Crippen LogP contribution in [0.1, 0.15) is 0 Å². The van der Waals surface area contributed by atoms with E-state index in [0.29, 0.717) is 5.75 Å². The molecule has 0 spiro atoms. The minimum Gasteiger partial charge on any atom is -0.497 e. The van der Waals surface area contributed by atoms with Crippen LogP contribution >= 0.6 is 11.6 Å². The molecule has 3 heteroatoms. The van der Waals surface area contributed by atoms with Gasteiger partial charge in [0.2, 0.25) is 0 Å². The van der Waals surface area contributed by atoms with Crippen LogP contribution in [0.15, 0.2) is 18.2 Å². The van der Waals surface area contributed by atoms with Gasteiger partial charge in [-0.1, -0.05) is 11.6 Å². The van der Waals surface area contributed by atoms with Crippen LogP contribution in [-0.2, 0) is 0 Å². The van der Waals surface area contributed by atoms with E-state index in [-0.39, 0.29) is 5.02 Å². The molecule has 0 fully saturated rings. The zero-order valence-corrected chi connectivity index (χ0v) is 6.15. The summed E-state index contributed by atoms with van der Waals surface area (Å²) in [5.74, 6) is 0.133. The molecule has 1 aromatic carbocycles. The van der Waals surface area contributed by atoms with Gasteiger partial charge >= 0.3 is 0 Å². The SMILES string of the molecule is COc1ccc([18F])c(Cl)c1. The first-order valence-corrected chi connectivity index (χ1v) is 3.11. The lowest BCUT2D eigenvalue weighted by Gasteiger charge is -1.98. The fourth-order valence-corrected chi connectivity index (χ4v) is 0.774. The predicted octanol–water partition coefficient (Wildman–Crippen LogP) is 2.49. The first-order chi connectivity index (χ1) is 4.74. The fourth-order valence-electron chi connectivity index (χ4n) is 0.604. The van der Waals surface area contributed by atoms with Gasteiger partial charge in [0, 0.05) is 6.07 Å². The number of rotatable bonds is 1. The summed E-state index contributed by atoms with van der Waals surface area (Å²) >= 11 is 5.44. The van der Waals surface area contributed by atoms with E-state index in [4.69, 9.17) is 16.3 Å². The van der Waals surface area contributed by atoms with Crippen molar-refractivity contribution in [3.05, 3.63) is 29.0 Å². The molecule has 0 aliphatic heterocycles. The van der Waals surface area contributed by atoms with Crippen molar-refractivity contribution in [1.29, 1.82) is 0 Å². The lowest BCUT2D eigenvalue weighted by Crippen LogP contribution is -1.83. The Morgan fingerprint density at radius 1 is 1.50 bits per heavy atom. The van der Waals surface area contributed by atoms with E-state index < -0.39 is 5.82 Å². The molecule has 0 aliphatic rings. The lowest BCUT2D eigenvalue weighted by atomic mass is 10.3. The maximum Gasteiger partial charge on any atom is 0.142 e. The lowest BCUT2D eigenvalue weighted by molar-refractivity contribution is 0.413. The van der Waals surface area contributed by atoms with Crippen molar-refractivity contribution >= 4 is 11.6 Å². The summed E-state index contributed by atoms with van der Waals surface area (Å²) in [5.41, 5.74) is 0. The number of benzene rings is 1. The van der Waals surface area contributed by atoms with Crippen LogP contribution in [0.4, 0.5) is 4.39 Å². The van der Waals surface area contributed by atoms with Crippen LogP contribution < -0.4 is 4.74 Å². The van der Waals surface area contributed by atoms with E-state index in [1.165, 1.54) is 25.3 Å². The highest BCUT2D eigenvalue weighted by atomic mass is 35.5. The molecule has 0 N–H and O–H groups in total. The largest absolute Gasteiger partial charge is 0.497 e. The average Bonchev–Trinajstić information content (AvgIpc) is 1.95. The minimum absolute atomic E-state index is 0.0827. The molecular weight excluding hydrogens is 154 g/mol. The molecule has 1 rings (SSSR count). The number of hydrogen-bond acceptors (Lipinski definition) is 1. The summed E-state index contributed by atoms with van der Waals surface area (Å²) < 4.78 is 17.2. The molecule has 0 bridgehead atoms. The topological polar surface area (TPSA) is 9.23 Å². The van der Waals surface area contributed by atoms with E-state index in [2.05, 4.69) is 0 Å². The molecule has 0 aromatic heterocycles. The van der Waals surface area contributed by atoms with Crippen molar-refractivity contribution in [1.82, 2.24) is 0 Å². The zero-order valence-electron chi connectivity index (χ0n) is 5.40. The van der Waals surface area contributed by atoms with E-state index in [1.807, 2.05) is 0 Å². The molecule has 0 unspecified atom stereocenters. The van der Waals surface area contributed by atoms with Crippen molar-refractivity contribution in [2.45, 2.75) is 0 Å². The molecule has 0 saturated carbocycles. The number of halogens is 2.